The molecule has 2 aromatic carbocycles. The van der Waals surface area contributed by atoms with Crippen LogP contribution in [0, 0.1) is 19.7 Å². The number of aryl methyl sites for hydroxylation is 2. The molecule has 0 radical (unpaired) electrons. The highest BCUT2D eigenvalue weighted by Gasteiger charge is 2.30. The molecule has 0 atom stereocenters. The first-order valence-electron chi connectivity index (χ1n) is 10.0. The fourth-order valence-electron chi connectivity index (χ4n) is 3.34. The zero-order valence-corrected chi connectivity index (χ0v) is 18.7. The van der Waals surface area contributed by atoms with Gasteiger partial charge < -0.3 is 10.1 Å². The zero-order chi connectivity index (χ0) is 23.0. The van der Waals surface area contributed by atoms with E-state index in [4.69, 9.17) is 4.74 Å². The summed E-state index contributed by atoms with van der Waals surface area (Å²) in [6.07, 6.45) is 1.56. The second kappa shape index (κ2) is 8.36. The SMILES string of the molecule is COc1ccc(C(=O)Nc2ccc(-n3nc(C)cc3C)c(F)c2)cc1S(=O)(=O)NC1CC1. The molecular formula is C22H23FN4O4S. The largest absolute Gasteiger partial charge is 0.495 e. The van der Waals surface area contributed by atoms with E-state index in [2.05, 4.69) is 15.1 Å². The van der Waals surface area contributed by atoms with Crippen LogP contribution in [0.3, 0.4) is 0 Å². The third kappa shape index (κ3) is 4.51. The van der Waals surface area contributed by atoms with E-state index in [-0.39, 0.29) is 33.6 Å². The molecule has 0 unspecified atom stereocenters. The van der Waals surface area contributed by atoms with Gasteiger partial charge in [0, 0.05) is 23.0 Å². The highest BCUT2D eigenvalue weighted by Crippen LogP contribution is 2.29. The van der Waals surface area contributed by atoms with Gasteiger partial charge in [0.2, 0.25) is 10.0 Å². The Kier molecular flexibility index (Phi) is 5.74. The molecule has 1 aromatic heterocycles. The van der Waals surface area contributed by atoms with E-state index in [0.717, 1.165) is 24.2 Å². The van der Waals surface area contributed by atoms with E-state index in [1.54, 1.807) is 6.07 Å². The van der Waals surface area contributed by atoms with Crippen LogP contribution in [0.4, 0.5) is 10.1 Å². The Morgan fingerprint density at radius 2 is 1.91 bits per heavy atom. The number of nitrogens with zero attached hydrogens (tertiary/aromatic N) is 2. The number of benzene rings is 2. The Morgan fingerprint density at radius 3 is 2.50 bits per heavy atom. The summed E-state index contributed by atoms with van der Waals surface area (Å²) in [4.78, 5) is 12.6. The van der Waals surface area contributed by atoms with Gasteiger partial charge in [-0.25, -0.2) is 22.2 Å². The summed E-state index contributed by atoms with van der Waals surface area (Å²) in [6, 6.07) is 10.1. The van der Waals surface area contributed by atoms with E-state index in [1.165, 1.54) is 42.1 Å². The first-order chi connectivity index (χ1) is 15.2. The number of amides is 1. The number of ether oxygens (including phenoxy) is 1. The number of carbonyl (C=O) groups excluding carboxylic acids is 1. The minimum atomic E-state index is -3.84. The molecule has 0 saturated heterocycles. The number of nitrogens with one attached hydrogen (secondary N) is 2. The van der Waals surface area contributed by atoms with Crippen molar-refractivity contribution >= 4 is 21.6 Å². The normalized spacial score (nSPS) is 13.8. The summed E-state index contributed by atoms with van der Waals surface area (Å²) in [6.45, 7) is 3.64. The average molecular weight is 459 g/mol. The van der Waals surface area contributed by atoms with Crippen molar-refractivity contribution in [2.75, 3.05) is 12.4 Å². The van der Waals surface area contributed by atoms with Gasteiger partial charge in [0.05, 0.1) is 12.8 Å². The van der Waals surface area contributed by atoms with Gasteiger partial charge in [0.1, 0.15) is 16.3 Å². The lowest BCUT2D eigenvalue weighted by molar-refractivity contribution is 0.102. The summed E-state index contributed by atoms with van der Waals surface area (Å²) < 4.78 is 49.3. The number of anilines is 1. The maximum atomic E-state index is 14.7. The van der Waals surface area contributed by atoms with Gasteiger partial charge in [-0.1, -0.05) is 0 Å². The lowest BCUT2D eigenvalue weighted by Crippen LogP contribution is -2.26. The van der Waals surface area contributed by atoms with Crippen LogP contribution >= 0.6 is 0 Å². The fraction of sp³-hybridized carbons (Fsp3) is 0.273. The van der Waals surface area contributed by atoms with Crippen LogP contribution in [0.25, 0.3) is 5.69 Å². The van der Waals surface area contributed by atoms with Crippen molar-refractivity contribution < 1.29 is 22.3 Å². The second-order valence-corrected chi connectivity index (χ2v) is 9.40. The van der Waals surface area contributed by atoms with Crippen LogP contribution in [0.15, 0.2) is 47.4 Å². The van der Waals surface area contributed by atoms with Crippen molar-refractivity contribution in [1.82, 2.24) is 14.5 Å². The number of aromatic nitrogens is 2. The Hall–Kier alpha value is -3.24. The number of carbonyl (C=O) groups is 1. The smallest absolute Gasteiger partial charge is 0.255 e. The number of rotatable bonds is 7. The summed E-state index contributed by atoms with van der Waals surface area (Å²) in [7, 11) is -2.48. The zero-order valence-electron chi connectivity index (χ0n) is 17.8. The van der Waals surface area contributed by atoms with Gasteiger partial charge in [-0.05, 0) is 69.2 Å². The second-order valence-electron chi connectivity index (χ2n) is 7.72. The van der Waals surface area contributed by atoms with Gasteiger partial charge >= 0.3 is 0 Å². The Balaban J connectivity index is 1.58. The third-order valence-electron chi connectivity index (χ3n) is 5.06. The monoisotopic (exact) mass is 458 g/mol. The predicted molar refractivity (Wildman–Crippen MR) is 117 cm³/mol. The molecule has 0 spiro atoms. The lowest BCUT2D eigenvalue weighted by atomic mass is 10.2. The highest BCUT2D eigenvalue weighted by molar-refractivity contribution is 7.89. The standard InChI is InChI=1S/C22H23FN4O4S/c1-13-10-14(2)27(25-13)19-8-7-17(12-18(19)23)24-22(28)15-4-9-20(31-3)21(11-15)32(29,30)26-16-5-6-16/h4,7-12,16,26H,5-6H2,1-3H3,(H,24,28). The van der Waals surface area contributed by atoms with Crippen molar-refractivity contribution in [3.8, 4) is 11.4 Å². The molecule has 32 heavy (non-hydrogen) atoms. The van der Waals surface area contributed by atoms with E-state index < -0.39 is 21.7 Å². The minimum Gasteiger partial charge on any atom is -0.495 e. The van der Waals surface area contributed by atoms with E-state index in [0.29, 0.717) is 0 Å². The number of hydrogen-bond donors (Lipinski definition) is 2. The Labute approximate surface area is 185 Å². The minimum absolute atomic E-state index is 0.0918. The van der Waals surface area contributed by atoms with Crippen molar-refractivity contribution in [1.29, 1.82) is 0 Å². The molecule has 2 N–H and O–H groups in total. The molecular weight excluding hydrogens is 435 g/mol. The summed E-state index contributed by atoms with van der Waals surface area (Å²) >= 11 is 0. The number of sulfonamides is 1. The van der Waals surface area contributed by atoms with Crippen molar-refractivity contribution in [3.05, 3.63) is 65.2 Å². The average Bonchev–Trinajstić information content (AvgIpc) is 3.48. The molecule has 0 bridgehead atoms. The van der Waals surface area contributed by atoms with E-state index >= 15 is 0 Å². The number of methoxy groups -OCH3 is 1. The molecule has 4 rings (SSSR count). The van der Waals surface area contributed by atoms with E-state index in [1.807, 2.05) is 19.9 Å². The van der Waals surface area contributed by atoms with Crippen LogP contribution in [0.2, 0.25) is 0 Å². The van der Waals surface area contributed by atoms with Gasteiger partial charge in [-0.2, -0.15) is 5.10 Å². The quantitative estimate of drug-likeness (QED) is 0.565. The first kappa shape index (κ1) is 22.0. The molecule has 0 aliphatic heterocycles. The Bertz CT molecular complexity index is 1300. The summed E-state index contributed by atoms with van der Waals surface area (Å²) in [5, 5.41) is 6.87. The van der Waals surface area contributed by atoms with Crippen molar-refractivity contribution in [3.63, 3.8) is 0 Å². The van der Waals surface area contributed by atoms with Gasteiger partial charge in [-0.3, -0.25) is 4.79 Å². The number of halogens is 1. The molecule has 168 valence electrons. The molecule has 1 saturated carbocycles. The van der Waals surface area contributed by atoms with Gasteiger partial charge in [-0.15, -0.1) is 0 Å². The van der Waals surface area contributed by atoms with Crippen LogP contribution in [0.1, 0.15) is 34.6 Å². The maximum Gasteiger partial charge on any atom is 0.255 e. The van der Waals surface area contributed by atoms with Crippen molar-refractivity contribution in [2.24, 2.45) is 0 Å². The van der Waals surface area contributed by atoms with E-state index in [9.17, 15) is 17.6 Å². The summed E-state index contributed by atoms with van der Waals surface area (Å²) in [5.41, 5.74) is 2.14. The third-order valence-corrected chi connectivity index (χ3v) is 6.60. The fourth-order valence-corrected chi connectivity index (χ4v) is 4.84. The van der Waals surface area contributed by atoms with Gasteiger partial charge in [0.15, 0.2) is 5.82 Å². The van der Waals surface area contributed by atoms with Gasteiger partial charge in [0.25, 0.3) is 5.91 Å². The Morgan fingerprint density at radius 1 is 1.16 bits per heavy atom. The van der Waals surface area contributed by atoms with Crippen LogP contribution in [-0.4, -0.2) is 37.3 Å². The van der Waals surface area contributed by atoms with Crippen LogP contribution in [0.5, 0.6) is 5.75 Å². The summed E-state index contributed by atoms with van der Waals surface area (Å²) in [5.74, 6) is -0.996. The molecule has 1 heterocycles. The van der Waals surface area contributed by atoms with Crippen molar-refractivity contribution in [2.45, 2.75) is 37.6 Å². The molecule has 8 nitrogen and oxygen atoms in total. The predicted octanol–water partition coefficient (Wildman–Crippen LogP) is 3.33. The lowest BCUT2D eigenvalue weighted by Gasteiger charge is -2.13. The first-order valence-corrected chi connectivity index (χ1v) is 11.5. The molecule has 1 aliphatic rings. The highest BCUT2D eigenvalue weighted by atomic mass is 32.2. The topological polar surface area (TPSA) is 102 Å². The van der Waals surface area contributed by atoms with Crippen LogP contribution < -0.4 is 14.8 Å². The molecule has 10 heteroatoms. The number of hydrogen-bond acceptors (Lipinski definition) is 5. The van der Waals surface area contributed by atoms with Crippen LogP contribution in [-0.2, 0) is 10.0 Å². The molecule has 1 aliphatic carbocycles. The molecule has 1 fully saturated rings. The maximum absolute atomic E-state index is 14.7. The molecule has 3 aromatic rings. The molecule has 1 amide bonds.